The molecule has 2 rings (SSSR count). The van der Waals surface area contributed by atoms with Crippen molar-refractivity contribution in [2.24, 2.45) is 5.14 Å². The summed E-state index contributed by atoms with van der Waals surface area (Å²) < 4.78 is 23.2. The summed E-state index contributed by atoms with van der Waals surface area (Å²) in [5.41, 5.74) is 2.70. The van der Waals surface area contributed by atoms with Crippen molar-refractivity contribution in [3.05, 3.63) is 69.7 Å². The highest BCUT2D eigenvalue weighted by Crippen LogP contribution is 2.19. The second-order valence-electron chi connectivity index (χ2n) is 5.92. The highest BCUT2D eigenvalue weighted by atomic mass is 79.9. The molecule has 5 nitrogen and oxygen atoms in total. The molecule has 0 aliphatic heterocycles. The molecule has 0 bridgehead atoms. The van der Waals surface area contributed by atoms with Crippen LogP contribution in [-0.4, -0.2) is 19.6 Å². The lowest BCUT2D eigenvalue weighted by molar-refractivity contribution is -0.120. The molecule has 0 heterocycles. The number of nitrogens with two attached hydrogens (primary N) is 1. The molecule has 0 aromatic heterocycles. The van der Waals surface area contributed by atoms with Gasteiger partial charge in [0.05, 0.1) is 11.0 Å². The van der Waals surface area contributed by atoms with Gasteiger partial charge in [0.15, 0.2) is 0 Å². The van der Waals surface area contributed by atoms with Gasteiger partial charge in [0.1, 0.15) is 0 Å². The Kier molecular flexibility index (Phi) is 7.69. The van der Waals surface area contributed by atoms with E-state index in [2.05, 4.69) is 21.2 Å². The van der Waals surface area contributed by atoms with Crippen LogP contribution >= 0.6 is 27.7 Å². The first-order valence-corrected chi connectivity index (χ1v) is 11.5. The van der Waals surface area contributed by atoms with E-state index in [0.29, 0.717) is 12.1 Å². The van der Waals surface area contributed by atoms with Gasteiger partial charge in [0, 0.05) is 16.8 Å². The van der Waals surface area contributed by atoms with Gasteiger partial charge in [-0.3, -0.25) is 4.79 Å². The predicted molar refractivity (Wildman–Crippen MR) is 110 cm³/mol. The lowest BCUT2D eigenvalue weighted by Gasteiger charge is -2.12. The fourth-order valence-electron chi connectivity index (χ4n) is 2.20. The van der Waals surface area contributed by atoms with Crippen LogP contribution < -0.4 is 10.5 Å². The van der Waals surface area contributed by atoms with E-state index in [1.165, 1.54) is 5.56 Å². The average molecular weight is 457 g/mol. The summed E-state index contributed by atoms with van der Waals surface area (Å²) in [5.74, 6) is 0.550. The van der Waals surface area contributed by atoms with Gasteiger partial charge in [-0.05, 0) is 35.7 Å². The van der Waals surface area contributed by atoms with Crippen molar-refractivity contribution < 1.29 is 13.2 Å². The number of halogens is 1. The van der Waals surface area contributed by atoms with Crippen LogP contribution in [0.3, 0.4) is 0 Å². The maximum Gasteiger partial charge on any atom is 0.233 e. The van der Waals surface area contributed by atoms with Crippen LogP contribution in [0.4, 0.5) is 0 Å². The first-order valence-electron chi connectivity index (χ1n) is 7.95. The van der Waals surface area contributed by atoms with Crippen LogP contribution in [-0.2, 0) is 32.9 Å². The lowest BCUT2D eigenvalue weighted by atomic mass is 10.1. The molecular weight excluding hydrogens is 436 g/mol. The number of rotatable bonds is 8. The summed E-state index contributed by atoms with van der Waals surface area (Å²) >= 11 is 4.98. The molecule has 0 aliphatic rings. The summed E-state index contributed by atoms with van der Waals surface area (Å²) in [6.07, 6.45) is 0. The van der Waals surface area contributed by atoms with E-state index in [9.17, 15) is 13.2 Å². The quantitative estimate of drug-likeness (QED) is 0.637. The number of nitrogens with one attached hydrogen (secondary N) is 1. The first kappa shape index (κ1) is 21.0. The molecule has 2 aromatic carbocycles. The second-order valence-corrected chi connectivity index (χ2v) is 9.78. The van der Waals surface area contributed by atoms with Gasteiger partial charge in [-0.15, -0.1) is 11.8 Å². The maximum atomic E-state index is 12.2. The summed E-state index contributed by atoms with van der Waals surface area (Å²) in [4.78, 5) is 12.2. The molecule has 0 saturated heterocycles. The smallest absolute Gasteiger partial charge is 0.233 e. The number of hydrogen-bond acceptors (Lipinski definition) is 4. The van der Waals surface area contributed by atoms with Crippen molar-refractivity contribution >= 4 is 43.6 Å². The third kappa shape index (κ3) is 7.49. The summed E-state index contributed by atoms with van der Waals surface area (Å²) in [6, 6.07) is 15.0. The van der Waals surface area contributed by atoms with Gasteiger partial charge in [-0.1, -0.05) is 52.3 Å². The molecule has 8 heteroatoms. The zero-order valence-corrected chi connectivity index (χ0v) is 17.5. The van der Waals surface area contributed by atoms with E-state index in [1.807, 2.05) is 31.2 Å². The molecule has 0 unspecified atom stereocenters. The molecule has 0 saturated carbocycles. The molecule has 0 radical (unpaired) electrons. The highest BCUT2D eigenvalue weighted by Gasteiger charge is 2.13. The summed E-state index contributed by atoms with van der Waals surface area (Å²) in [6.45, 7) is 2.28. The molecule has 1 atom stereocenters. The fourth-order valence-corrected chi connectivity index (χ4v) is 3.99. The average Bonchev–Trinajstić information content (AvgIpc) is 2.58. The Bertz CT molecular complexity index is 838. The summed E-state index contributed by atoms with van der Waals surface area (Å²) in [7, 11) is -3.53. The SMILES string of the molecule is C[C@@H](SCc1ccc(Br)cc1)C(=O)NCc1ccc(CS(N)(=O)=O)cc1. The van der Waals surface area contributed by atoms with Gasteiger partial charge in [-0.25, -0.2) is 13.6 Å². The summed E-state index contributed by atoms with van der Waals surface area (Å²) in [5, 5.41) is 7.76. The Hall–Kier alpha value is -1.35. The molecule has 26 heavy (non-hydrogen) atoms. The number of carbonyl (C=O) groups is 1. The molecule has 1 amide bonds. The normalized spacial score (nSPS) is 12.6. The number of primary sulfonamides is 1. The Morgan fingerprint density at radius 3 is 2.19 bits per heavy atom. The predicted octanol–water partition coefficient (Wildman–Crippen LogP) is 3.18. The number of amides is 1. The minimum atomic E-state index is -3.53. The van der Waals surface area contributed by atoms with Gasteiger partial charge >= 0.3 is 0 Å². The third-order valence-corrected chi connectivity index (χ3v) is 6.12. The van der Waals surface area contributed by atoms with E-state index in [-0.39, 0.29) is 16.9 Å². The van der Waals surface area contributed by atoms with Crippen LogP contribution in [0.1, 0.15) is 23.6 Å². The minimum Gasteiger partial charge on any atom is -0.351 e. The monoisotopic (exact) mass is 456 g/mol. The van der Waals surface area contributed by atoms with Gasteiger partial charge in [-0.2, -0.15) is 0 Å². The van der Waals surface area contributed by atoms with Crippen molar-refractivity contribution in [3.63, 3.8) is 0 Å². The van der Waals surface area contributed by atoms with Crippen LogP contribution in [0.5, 0.6) is 0 Å². The molecule has 140 valence electrons. The lowest BCUT2D eigenvalue weighted by Crippen LogP contribution is -2.30. The van der Waals surface area contributed by atoms with Crippen molar-refractivity contribution in [2.45, 2.75) is 30.2 Å². The van der Waals surface area contributed by atoms with Crippen molar-refractivity contribution in [1.29, 1.82) is 0 Å². The molecule has 0 fully saturated rings. The topological polar surface area (TPSA) is 89.3 Å². The Morgan fingerprint density at radius 1 is 1.08 bits per heavy atom. The van der Waals surface area contributed by atoms with E-state index < -0.39 is 10.0 Å². The van der Waals surface area contributed by atoms with E-state index >= 15 is 0 Å². The van der Waals surface area contributed by atoms with E-state index in [1.54, 1.807) is 36.0 Å². The van der Waals surface area contributed by atoms with Crippen LogP contribution in [0.25, 0.3) is 0 Å². The molecular formula is C18H21BrN2O3S2. The molecule has 0 spiro atoms. The van der Waals surface area contributed by atoms with Gasteiger partial charge in [0.2, 0.25) is 15.9 Å². The minimum absolute atomic E-state index is 0.0271. The third-order valence-electron chi connectivity index (χ3n) is 3.64. The van der Waals surface area contributed by atoms with E-state index in [4.69, 9.17) is 5.14 Å². The van der Waals surface area contributed by atoms with Gasteiger partial charge in [0.25, 0.3) is 0 Å². The largest absolute Gasteiger partial charge is 0.351 e. The van der Waals surface area contributed by atoms with Crippen molar-refractivity contribution in [1.82, 2.24) is 5.32 Å². The first-order chi connectivity index (χ1) is 12.2. The van der Waals surface area contributed by atoms with Gasteiger partial charge < -0.3 is 5.32 Å². The Labute approximate surface area is 166 Å². The fraction of sp³-hybridized carbons (Fsp3) is 0.278. The number of hydrogen-bond donors (Lipinski definition) is 2. The molecule has 0 aliphatic carbocycles. The standard InChI is InChI=1S/C18H21BrN2O3S2/c1-13(25-11-15-6-8-17(19)9-7-15)18(22)21-10-14-2-4-16(5-3-14)12-26(20,23)24/h2-9,13H,10-12H2,1H3,(H,21,22)(H2,20,23,24)/t13-/m1/s1. The molecule has 2 aromatic rings. The number of thioether (sulfide) groups is 1. The van der Waals surface area contributed by atoms with Crippen molar-refractivity contribution in [2.75, 3.05) is 0 Å². The van der Waals surface area contributed by atoms with Crippen LogP contribution in [0.2, 0.25) is 0 Å². The molecule has 3 N–H and O–H groups in total. The zero-order valence-electron chi connectivity index (χ0n) is 14.3. The Balaban J connectivity index is 1.79. The van der Waals surface area contributed by atoms with Crippen LogP contribution in [0, 0.1) is 0 Å². The number of sulfonamides is 1. The van der Waals surface area contributed by atoms with Crippen LogP contribution in [0.15, 0.2) is 53.0 Å². The second kappa shape index (κ2) is 9.55. The highest BCUT2D eigenvalue weighted by molar-refractivity contribution is 9.10. The number of carbonyl (C=O) groups excluding carboxylic acids is 1. The van der Waals surface area contributed by atoms with E-state index in [0.717, 1.165) is 15.8 Å². The maximum absolute atomic E-state index is 12.2. The number of benzene rings is 2. The Morgan fingerprint density at radius 2 is 1.62 bits per heavy atom. The zero-order chi connectivity index (χ0) is 19.2. The van der Waals surface area contributed by atoms with Crippen molar-refractivity contribution in [3.8, 4) is 0 Å².